The number of sulfonamides is 1. The monoisotopic (exact) mass is 411 g/mol. The molecule has 1 fully saturated rings. The molecule has 0 N–H and O–H groups in total. The summed E-state index contributed by atoms with van der Waals surface area (Å²) in [4.78, 5) is 12.3. The van der Waals surface area contributed by atoms with Crippen LogP contribution in [0.15, 0.2) is 47.4 Å². The molecule has 0 atom stereocenters. The predicted octanol–water partition coefficient (Wildman–Crippen LogP) is 4.01. The molecule has 0 spiro atoms. The largest absolute Gasteiger partial charge is 0.457 e. The molecule has 1 aliphatic heterocycles. The van der Waals surface area contributed by atoms with Crippen LogP contribution in [0.1, 0.15) is 35.2 Å². The molecule has 0 radical (unpaired) electrons. The summed E-state index contributed by atoms with van der Waals surface area (Å²) in [7, 11) is -3.56. The first-order chi connectivity index (χ1) is 12.9. The number of ether oxygens (including phenoxy) is 1. The van der Waals surface area contributed by atoms with Gasteiger partial charge in [0.05, 0.1) is 15.5 Å². The second kappa shape index (κ2) is 8.37. The van der Waals surface area contributed by atoms with Crippen molar-refractivity contribution in [2.45, 2.75) is 30.8 Å². The van der Waals surface area contributed by atoms with Crippen LogP contribution in [0.4, 0.5) is 4.39 Å². The Bertz CT molecular complexity index is 905. The summed E-state index contributed by atoms with van der Waals surface area (Å²) in [6.45, 7) is 0.712. The molecule has 27 heavy (non-hydrogen) atoms. The van der Waals surface area contributed by atoms with E-state index in [4.69, 9.17) is 16.3 Å². The van der Waals surface area contributed by atoms with E-state index in [0.717, 1.165) is 19.3 Å². The fourth-order valence-electron chi connectivity index (χ4n) is 2.91. The van der Waals surface area contributed by atoms with Gasteiger partial charge in [0.15, 0.2) is 0 Å². The van der Waals surface area contributed by atoms with Crippen molar-refractivity contribution >= 4 is 27.6 Å². The van der Waals surface area contributed by atoms with Gasteiger partial charge in [0.2, 0.25) is 10.0 Å². The van der Waals surface area contributed by atoms with Gasteiger partial charge in [-0.1, -0.05) is 24.1 Å². The molecule has 0 bridgehead atoms. The lowest BCUT2D eigenvalue weighted by Crippen LogP contribution is -2.35. The van der Waals surface area contributed by atoms with E-state index in [1.54, 1.807) is 0 Å². The maximum atomic E-state index is 13.7. The lowest BCUT2D eigenvalue weighted by atomic mass is 10.2. The average molecular weight is 412 g/mol. The Morgan fingerprint density at radius 2 is 1.74 bits per heavy atom. The van der Waals surface area contributed by atoms with Gasteiger partial charge in [-0.05, 0) is 49.2 Å². The van der Waals surface area contributed by atoms with Crippen LogP contribution in [0.2, 0.25) is 5.02 Å². The van der Waals surface area contributed by atoms with Crippen LogP contribution in [0, 0.1) is 5.82 Å². The fourth-order valence-corrected chi connectivity index (χ4v) is 4.64. The topological polar surface area (TPSA) is 63.7 Å². The molecule has 0 aliphatic carbocycles. The Hall–Kier alpha value is -1.96. The minimum absolute atomic E-state index is 0.0943. The van der Waals surface area contributed by atoms with E-state index < -0.39 is 21.8 Å². The molecule has 1 heterocycles. The summed E-state index contributed by atoms with van der Waals surface area (Å²) in [6.07, 6.45) is 2.73. The molecule has 1 saturated heterocycles. The van der Waals surface area contributed by atoms with Gasteiger partial charge < -0.3 is 4.74 Å². The Balaban J connectivity index is 1.68. The van der Waals surface area contributed by atoms with Crippen molar-refractivity contribution in [3.8, 4) is 0 Å². The van der Waals surface area contributed by atoms with Gasteiger partial charge >= 0.3 is 5.97 Å². The molecule has 0 saturated carbocycles. The second-order valence-corrected chi connectivity index (χ2v) is 8.61. The first-order valence-corrected chi connectivity index (χ1v) is 10.4. The summed E-state index contributed by atoms with van der Waals surface area (Å²) in [5.41, 5.74) is 0.275. The maximum absolute atomic E-state index is 13.7. The van der Waals surface area contributed by atoms with Crippen molar-refractivity contribution in [3.63, 3.8) is 0 Å². The zero-order valence-corrected chi connectivity index (χ0v) is 16.1. The third-order valence-corrected chi connectivity index (χ3v) is 6.72. The van der Waals surface area contributed by atoms with Gasteiger partial charge in [0.25, 0.3) is 0 Å². The summed E-state index contributed by atoms with van der Waals surface area (Å²) in [6, 6.07) is 9.76. The first kappa shape index (κ1) is 19.8. The Labute approximate surface area is 162 Å². The highest BCUT2D eigenvalue weighted by molar-refractivity contribution is 7.89. The predicted molar refractivity (Wildman–Crippen MR) is 99.6 cm³/mol. The van der Waals surface area contributed by atoms with E-state index in [0.29, 0.717) is 13.1 Å². The van der Waals surface area contributed by atoms with Crippen molar-refractivity contribution in [2.24, 2.45) is 0 Å². The number of piperidine rings is 1. The number of rotatable bonds is 5. The summed E-state index contributed by atoms with van der Waals surface area (Å²) >= 11 is 5.90. The maximum Gasteiger partial charge on any atom is 0.338 e. The molecule has 0 aromatic heterocycles. The normalized spacial score (nSPS) is 15.5. The van der Waals surface area contributed by atoms with Crippen LogP contribution < -0.4 is 0 Å². The van der Waals surface area contributed by atoms with E-state index in [-0.39, 0.29) is 27.7 Å². The molecule has 8 heteroatoms. The molecule has 0 unspecified atom stereocenters. The Kier molecular flexibility index (Phi) is 6.14. The zero-order valence-electron chi connectivity index (χ0n) is 14.5. The van der Waals surface area contributed by atoms with E-state index >= 15 is 0 Å². The highest BCUT2D eigenvalue weighted by Crippen LogP contribution is 2.22. The van der Waals surface area contributed by atoms with Crippen molar-refractivity contribution in [1.29, 1.82) is 0 Å². The molecular formula is C19H19ClFNO4S. The minimum atomic E-state index is -3.56. The molecule has 0 amide bonds. The molecule has 5 nitrogen and oxygen atoms in total. The van der Waals surface area contributed by atoms with Crippen molar-refractivity contribution < 1.29 is 22.3 Å². The van der Waals surface area contributed by atoms with Gasteiger partial charge in [-0.15, -0.1) is 0 Å². The number of esters is 1. The number of nitrogens with zero attached hydrogens (tertiary/aromatic N) is 1. The van der Waals surface area contributed by atoms with E-state index in [9.17, 15) is 17.6 Å². The van der Waals surface area contributed by atoms with E-state index in [1.165, 1.54) is 46.8 Å². The van der Waals surface area contributed by atoms with Gasteiger partial charge in [-0.2, -0.15) is 4.31 Å². The Morgan fingerprint density at radius 3 is 2.37 bits per heavy atom. The Morgan fingerprint density at radius 1 is 1.07 bits per heavy atom. The molecule has 1 aliphatic rings. The lowest BCUT2D eigenvalue weighted by Gasteiger charge is -2.25. The number of benzene rings is 2. The number of carbonyl (C=O) groups is 1. The summed E-state index contributed by atoms with van der Waals surface area (Å²) in [5, 5.41) is 0.172. The van der Waals surface area contributed by atoms with Crippen LogP contribution in [0.25, 0.3) is 0 Å². The second-order valence-electron chi connectivity index (χ2n) is 6.27. The van der Waals surface area contributed by atoms with E-state index in [1.807, 2.05) is 0 Å². The highest BCUT2D eigenvalue weighted by atomic mass is 35.5. The zero-order chi connectivity index (χ0) is 19.4. The SMILES string of the molecule is O=C(OCc1c(F)cccc1Cl)c1ccc(S(=O)(=O)N2CCCCC2)cc1. The molecule has 2 aromatic rings. The van der Waals surface area contributed by atoms with Crippen LogP contribution in [0.3, 0.4) is 0 Å². The van der Waals surface area contributed by atoms with Crippen LogP contribution in [-0.2, 0) is 21.4 Å². The van der Waals surface area contributed by atoms with Crippen LogP contribution in [-0.4, -0.2) is 31.8 Å². The lowest BCUT2D eigenvalue weighted by molar-refractivity contribution is 0.0469. The van der Waals surface area contributed by atoms with E-state index in [2.05, 4.69) is 0 Å². The number of halogens is 2. The summed E-state index contributed by atoms with van der Waals surface area (Å²) < 4.78 is 45.5. The molecule has 144 valence electrons. The van der Waals surface area contributed by atoms with Crippen molar-refractivity contribution in [3.05, 3.63) is 64.4 Å². The van der Waals surface area contributed by atoms with Crippen LogP contribution >= 0.6 is 11.6 Å². The third-order valence-electron chi connectivity index (χ3n) is 4.45. The minimum Gasteiger partial charge on any atom is -0.457 e. The van der Waals surface area contributed by atoms with Crippen LogP contribution in [0.5, 0.6) is 0 Å². The number of hydrogen-bond donors (Lipinski definition) is 0. The van der Waals surface area contributed by atoms with Gasteiger partial charge in [-0.3, -0.25) is 0 Å². The molecule has 2 aromatic carbocycles. The van der Waals surface area contributed by atoms with Crippen molar-refractivity contribution in [1.82, 2.24) is 4.31 Å². The van der Waals surface area contributed by atoms with Gasteiger partial charge in [0, 0.05) is 18.7 Å². The smallest absolute Gasteiger partial charge is 0.338 e. The van der Waals surface area contributed by atoms with Gasteiger partial charge in [-0.25, -0.2) is 17.6 Å². The standard InChI is InChI=1S/C19H19ClFNO4S/c20-17-5-4-6-18(21)16(17)13-26-19(23)14-7-9-15(10-8-14)27(24,25)22-11-2-1-3-12-22/h4-10H,1-3,11-13H2. The summed E-state index contributed by atoms with van der Waals surface area (Å²) in [5.74, 6) is -1.24. The van der Waals surface area contributed by atoms with Crippen molar-refractivity contribution in [2.75, 3.05) is 13.1 Å². The van der Waals surface area contributed by atoms with Gasteiger partial charge in [0.1, 0.15) is 12.4 Å². The third kappa shape index (κ3) is 4.48. The average Bonchev–Trinajstić information content (AvgIpc) is 2.68. The fraction of sp³-hybridized carbons (Fsp3) is 0.316. The highest BCUT2D eigenvalue weighted by Gasteiger charge is 2.26. The number of carbonyl (C=O) groups excluding carboxylic acids is 1. The molecule has 3 rings (SSSR count). The number of hydrogen-bond acceptors (Lipinski definition) is 4. The first-order valence-electron chi connectivity index (χ1n) is 8.60. The molecular weight excluding hydrogens is 393 g/mol. The quantitative estimate of drug-likeness (QED) is 0.697.